The second-order valence-electron chi connectivity index (χ2n) is 3.54. The summed E-state index contributed by atoms with van der Waals surface area (Å²) in [6.07, 6.45) is 0. The van der Waals surface area contributed by atoms with Crippen LogP contribution in [-0.2, 0) is 4.74 Å². The number of esters is 1. The normalized spacial score (nSPS) is 9.83. The van der Waals surface area contributed by atoms with Gasteiger partial charge in [0.25, 0.3) is 5.91 Å². The zero-order valence-electron chi connectivity index (χ0n) is 9.67. The fourth-order valence-corrected chi connectivity index (χ4v) is 2.07. The Bertz CT molecular complexity index is 563. The molecular weight excluding hydrogens is 250 g/mol. The van der Waals surface area contributed by atoms with E-state index >= 15 is 0 Å². The molecule has 5 heteroatoms. The number of thiophene rings is 1. The fraction of sp³-hybridized carbons (Fsp3) is 0.0769. The standard InChI is InChI=1S/C13H11NO3S/c1-17-13(16)9-3-2-4-11(7-9)14-12(15)10-5-6-18-8-10/h2-8H,1H3,(H,14,15). The first-order valence-electron chi connectivity index (χ1n) is 5.22. The van der Waals surface area contributed by atoms with E-state index in [4.69, 9.17) is 0 Å². The number of benzene rings is 1. The third-order valence-corrected chi connectivity index (χ3v) is 3.01. The molecular formula is C13H11NO3S. The molecule has 0 aliphatic carbocycles. The Morgan fingerprint density at radius 3 is 2.72 bits per heavy atom. The van der Waals surface area contributed by atoms with Crippen LogP contribution in [0.2, 0.25) is 0 Å². The summed E-state index contributed by atoms with van der Waals surface area (Å²) < 4.78 is 4.62. The van der Waals surface area contributed by atoms with E-state index in [0.29, 0.717) is 16.8 Å². The minimum Gasteiger partial charge on any atom is -0.465 e. The lowest BCUT2D eigenvalue weighted by Crippen LogP contribution is -2.11. The van der Waals surface area contributed by atoms with Gasteiger partial charge in [0.1, 0.15) is 0 Å². The van der Waals surface area contributed by atoms with Crippen molar-refractivity contribution in [1.29, 1.82) is 0 Å². The quantitative estimate of drug-likeness (QED) is 0.864. The number of anilines is 1. The molecule has 0 bridgehead atoms. The molecule has 0 aliphatic rings. The van der Waals surface area contributed by atoms with Gasteiger partial charge < -0.3 is 10.1 Å². The van der Waals surface area contributed by atoms with Crippen molar-refractivity contribution in [2.45, 2.75) is 0 Å². The lowest BCUT2D eigenvalue weighted by Gasteiger charge is -2.05. The highest BCUT2D eigenvalue weighted by Crippen LogP contribution is 2.14. The second kappa shape index (κ2) is 5.46. The number of amides is 1. The first-order valence-corrected chi connectivity index (χ1v) is 6.17. The van der Waals surface area contributed by atoms with E-state index in [1.54, 1.807) is 35.7 Å². The molecule has 0 spiro atoms. The molecule has 0 fully saturated rings. The SMILES string of the molecule is COC(=O)c1cccc(NC(=O)c2ccsc2)c1. The lowest BCUT2D eigenvalue weighted by atomic mass is 10.2. The van der Waals surface area contributed by atoms with Crippen molar-refractivity contribution in [1.82, 2.24) is 0 Å². The van der Waals surface area contributed by atoms with Crippen molar-refractivity contribution >= 4 is 28.9 Å². The zero-order valence-corrected chi connectivity index (χ0v) is 10.5. The summed E-state index contributed by atoms with van der Waals surface area (Å²) in [6, 6.07) is 8.36. The van der Waals surface area contributed by atoms with Crippen LogP contribution in [0.5, 0.6) is 0 Å². The average molecular weight is 261 g/mol. The van der Waals surface area contributed by atoms with Gasteiger partial charge >= 0.3 is 5.97 Å². The van der Waals surface area contributed by atoms with Crippen LogP contribution >= 0.6 is 11.3 Å². The molecule has 1 heterocycles. The Morgan fingerprint density at radius 1 is 1.22 bits per heavy atom. The van der Waals surface area contributed by atoms with Crippen LogP contribution in [0.1, 0.15) is 20.7 Å². The van der Waals surface area contributed by atoms with Gasteiger partial charge in [-0.15, -0.1) is 0 Å². The highest BCUT2D eigenvalue weighted by atomic mass is 32.1. The van der Waals surface area contributed by atoms with Crippen molar-refractivity contribution in [3.05, 3.63) is 52.2 Å². The van der Waals surface area contributed by atoms with Crippen molar-refractivity contribution < 1.29 is 14.3 Å². The number of rotatable bonds is 3. The molecule has 0 aliphatic heterocycles. The van der Waals surface area contributed by atoms with E-state index in [0.717, 1.165) is 0 Å². The summed E-state index contributed by atoms with van der Waals surface area (Å²) in [5.74, 6) is -0.625. The fourth-order valence-electron chi connectivity index (χ4n) is 1.44. The van der Waals surface area contributed by atoms with E-state index in [1.165, 1.54) is 18.4 Å². The van der Waals surface area contributed by atoms with Gasteiger partial charge in [-0.1, -0.05) is 6.07 Å². The Morgan fingerprint density at radius 2 is 2.06 bits per heavy atom. The number of hydrogen-bond acceptors (Lipinski definition) is 4. The Kier molecular flexibility index (Phi) is 3.74. The van der Waals surface area contributed by atoms with Crippen LogP contribution in [0, 0.1) is 0 Å². The van der Waals surface area contributed by atoms with Gasteiger partial charge in [0.05, 0.1) is 18.2 Å². The maximum atomic E-state index is 11.8. The molecule has 4 nitrogen and oxygen atoms in total. The number of carbonyl (C=O) groups is 2. The van der Waals surface area contributed by atoms with Crippen molar-refractivity contribution in [2.75, 3.05) is 12.4 Å². The van der Waals surface area contributed by atoms with Gasteiger partial charge in [-0.2, -0.15) is 11.3 Å². The minimum atomic E-state index is -0.429. The highest BCUT2D eigenvalue weighted by Gasteiger charge is 2.09. The summed E-state index contributed by atoms with van der Waals surface area (Å²) in [5.41, 5.74) is 1.57. The van der Waals surface area contributed by atoms with E-state index in [2.05, 4.69) is 10.1 Å². The summed E-state index contributed by atoms with van der Waals surface area (Å²) in [6.45, 7) is 0. The average Bonchev–Trinajstić information content (AvgIpc) is 2.92. The van der Waals surface area contributed by atoms with E-state index in [-0.39, 0.29) is 5.91 Å². The van der Waals surface area contributed by atoms with Crippen molar-refractivity contribution in [2.24, 2.45) is 0 Å². The maximum Gasteiger partial charge on any atom is 0.337 e. The Balaban J connectivity index is 2.15. The smallest absolute Gasteiger partial charge is 0.337 e. The summed E-state index contributed by atoms with van der Waals surface area (Å²) >= 11 is 1.46. The lowest BCUT2D eigenvalue weighted by molar-refractivity contribution is 0.0600. The molecule has 2 aromatic rings. The van der Waals surface area contributed by atoms with E-state index in [9.17, 15) is 9.59 Å². The minimum absolute atomic E-state index is 0.196. The monoisotopic (exact) mass is 261 g/mol. The number of hydrogen-bond donors (Lipinski definition) is 1. The van der Waals surface area contributed by atoms with Gasteiger partial charge in [0, 0.05) is 11.1 Å². The molecule has 0 radical (unpaired) electrons. The molecule has 0 saturated heterocycles. The van der Waals surface area contributed by atoms with Crippen LogP contribution in [0.25, 0.3) is 0 Å². The largest absolute Gasteiger partial charge is 0.465 e. The van der Waals surface area contributed by atoms with Crippen LogP contribution in [0.3, 0.4) is 0 Å². The molecule has 0 saturated carbocycles. The van der Waals surface area contributed by atoms with Gasteiger partial charge in [-0.3, -0.25) is 4.79 Å². The van der Waals surface area contributed by atoms with E-state index in [1.807, 2.05) is 5.38 Å². The third-order valence-electron chi connectivity index (χ3n) is 2.32. The molecule has 92 valence electrons. The van der Waals surface area contributed by atoms with Gasteiger partial charge in [0.2, 0.25) is 0 Å². The maximum absolute atomic E-state index is 11.8. The predicted molar refractivity (Wildman–Crippen MR) is 70.1 cm³/mol. The van der Waals surface area contributed by atoms with Crippen molar-refractivity contribution in [3.8, 4) is 0 Å². The highest BCUT2D eigenvalue weighted by molar-refractivity contribution is 7.08. The molecule has 1 amide bonds. The van der Waals surface area contributed by atoms with Crippen LogP contribution in [-0.4, -0.2) is 19.0 Å². The summed E-state index contributed by atoms with van der Waals surface area (Å²) in [7, 11) is 1.32. The molecule has 0 atom stereocenters. The zero-order chi connectivity index (χ0) is 13.0. The molecule has 1 aromatic carbocycles. The molecule has 18 heavy (non-hydrogen) atoms. The first-order chi connectivity index (χ1) is 8.70. The topological polar surface area (TPSA) is 55.4 Å². The Hall–Kier alpha value is -2.14. The predicted octanol–water partition coefficient (Wildman–Crippen LogP) is 2.79. The second-order valence-corrected chi connectivity index (χ2v) is 4.32. The molecule has 1 N–H and O–H groups in total. The summed E-state index contributed by atoms with van der Waals surface area (Å²) in [5, 5.41) is 6.32. The van der Waals surface area contributed by atoms with Crippen LogP contribution < -0.4 is 5.32 Å². The van der Waals surface area contributed by atoms with Crippen LogP contribution in [0.15, 0.2) is 41.1 Å². The van der Waals surface area contributed by atoms with Gasteiger partial charge in [-0.05, 0) is 29.6 Å². The number of ether oxygens (including phenoxy) is 1. The van der Waals surface area contributed by atoms with Crippen LogP contribution in [0.4, 0.5) is 5.69 Å². The van der Waals surface area contributed by atoms with Gasteiger partial charge in [-0.25, -0.2) is 4.79 Å². The number of carbonyl (C=O) groups excluding carboxylic acids is 2. The number of nitrogens with one attached hydrogen (secondary N) is 1. The first kappa shape index (κ1) is 12.3. The molecule has 2 rings (SSSR count). The third kappa shape index (κ3) is 2.75. The summed E-state index contributed by atoms with van der Waals surface area (Å²) in [4.78, 5) is 23.2. The molecule has 0 unspecified atom stereocenters. The molecule has 1 aromatic heterocycles. The Labute approximate surface area is 108 Å². The number of methoxy groups -OCH3 is 1. The van der Waals surface area contributed by atoms with Gasteiger partial charge in [0.15, 0.2) is 0 Å². The van der Waals surface area contributed by atoms with E-state index < -0.39 is 5.97 Å². The van der Waals surface area contributed by atoms with Crippen molar-refractivity contribution in [3.63, 3.8) is 0 Å².